The Morgan fingerprint density at radius 2 is 1.31 bits per heavy atom. The van der Waals surface area contributed by atoms with Gasteiger partial charge in [0.05, 0.1) is 66.7 Å². The van der Waals surface area contributed by atoms with Gasteiger partial charge in [-0.2, -0.15) is 0 Å². The zero-order valence-electron chi connectivity index (χ0n) is 36.3. The zero-order valence-corrected chi connectivity index (χ0v) is 38.0. The van der Waals surface area contributed by atoms with E-state index in [4.69, 9.17) is 38.7 Å². The van der Waals surface area contributed by atoms with Crippen LogP contribution in [-0.4, -0.2) is 108 Å². The molecule has 0 radical (unpaired) electrons. The zero-order chi connectivity index (χ0) is 44.0. The number of pyridine rings is 1. The number of aromatic nitrogens is 1. The number of benzene rings is 2. The van der Waals surface area contributed by atoms with E-state index in [-0.39, 0.29) is 54.4 Å². The van der Waals surface area contributed by atoms with E-state index in [1.807, 2.05) is 42.3 Å². The molecule has 2 saturated heterocycles. The van der Waals surface area contributed by atoms with Gasteiger partial charge in [0.25, 0.3) is 11.8 Å². The van der Waals surface area contributed by atoms with Gasteiger partial charge in [-0.25, -0.2) is 0 Å². The lowest BCUT2D eigenvalue weighted by Crippen LogP contribution is -2.35. The summed E-state index contributed by atoms with van der Waals surface area (Å²) in [5.41, 5.74) is 5.34. The quantitative estimate of drug-likeness (QED) is 0.0796. The van der Waals surface area contributed by atoms with Crippen molar-refractivity contribution >= 4 is 63.1 Å². The number of allylic oxidation sites excluding steroid dienone is 2. The summed E-state index contributed by atoms with van der Waals surface area (Å²) in [5.74, 6) is 1.81. The Kier molecular flexibility index (Phi) is 14.2. The van der Waals surface area contributed by atoms with Crippen LogP contribution < -0.4 is 29.0 Å². The van der Waals surface area contributed by atoms with Crippen LogP contribution in [0.5, 0.6) is 28.7 Å². The van der Waals surface area contributed by atoms with Crippen LogP contribution in [0.4, 0.5) is 11.4 Å². The predicted octanol–water partition coefficient (Wildman–Crippen LogP) is 8.08. The molecule has 0 aliphatic carbocycles. The molecule has 0 spiro atoms. The molecule has 3 aromatic rings. The number of hydrogen-bond acceptors (Lipinski definition) is 13. The normalized spacial score (nSPS) is 19.1. The number of nitrogens with zero attached hydrogens (tertiary/aromatic N) is 5. The molecule has 1 N–H and O–H groups in total. The van der Waals surface area contributed by atoms with E-state index in [0.717, 1.165) is 19.3 Å². The van der Waals surface area contributed by atoms with Crippen molar-refractivity contribution in [1.82, 2.24) is 20.1 Å². The van der Waals surface area contributed by atoms with E-state index in [1.165, 1.54) is 25.4 Å². The molecule has 5 heterocycles. The summed E-state index contributed by atoms with van der Waals surface area (Å²) in [7, 11) is 6.52. The van der Waals surface area contributed by atoms with Crippen molar-refractivity contribution in [3.05, 3.63) is 82.2 Å². The minimum absolute atomic E-state index is 0.0108. The molecule has 4 aliphatic rings. The standard InChI is InChI=1S/C46H54N6O8S2/c1-8-28-14-32-22-48-37-20-41(39(56-5)18-35(37)44(54)51(32)24-28)59-26-30-16-34(58-13-12-47-43(53)10-11-46(3,4)62-61-7)17-31(50-30)27-60-42-21-38-36(19-40(42)57-6)45(55)52-25-29(9-2)15-33(52)23-49-38/h8-9,16-23,32-33H,10-15,24-27H2,1-7H3,(H,47,53)/b28-8-,29-9+/t32-,33-/m0/s1. The van der Waals surface area contributed by atoms with Crippen LogP contribution in [0.1, 0.15) is 85.5 Å². The fourth-order valence-electron chi connectivity index (χ4n) is 7.81. The van der Waals surface area contributed by atoms with Gasteiger partial charge in [-0.1, -0.05) is 44.9 Å². The van der Waals surface area contributed by atoms with Crippen molar-refractivity contribution in [3.8, 4) is 28.7 Å². The minimum Gasteiger partial charge on any atom is -0.493 e. The van der Waals surface area contributed by atoms with Crippen LogP contribution in [0.2, 0.25) is 0 Å². The fraction of sp³-hybridized carbons (Fsp3) is 0.435. The maximum atomic E-state index is 13.7. The Hall–Kier alpha value is -5.48. The molecule has 2 atom stereocenters. The lowest BCUT2D eigenvalue weighted by Gasteiger charge is -2.21. The van der Waals surface area contributed by atoms with Gasteiger partial charge in [-0.05, 0) is 65.3 Å². The first-order chi connectivity index (χ1) is 29.9. The minimum atomic E-state index is -0.112. The van der Waals surface area contributed by atoms with E-state index < -0.39 is 0 Å². The molecule has 1 aromatic heterocycles. The summed E-state index contributed by atoms with van der Waals surface area (Å²) in [6.45, 7) is 9.94. The molecule has 2 aromatic carbocycles. The molecule has 62 heavy (non-hydrogen) atoms. The van der Waals surface area contributed by atoms with Gasteiger partial charge < -0.3 is 38.8 Å². The number of carbonyl (C=O) groups excluding carboxylic acids is 3. The Morgan fingerprint density at radius 3 is 1.77 bits per heavy atom. The van der Waals surface area contributed by atoms with Crippen molar-refractivity contribution in [3.63, 3.8) is 0 Å². The van der Waals surface area contributed by atoms with E-state index >= 15 is 0 Å². The van der Waals surface area contributed by atoms with Crippen LogP contribution >= 0.6 is 21.6 Å². The van der Waals surface area contributed by atoms with Gasteiger partial charge in [-0.15, -0.1) is 0 Å². The monoisotopic (exact) mass is 882 g/mol. The molecule has 0 saturated carbocycles. The fourth-order valence-corrected chi connectivity index (χ4v) is 10.1. The topological polar surface area (TPSA) is 153 Å². The molecule has 7 rings (SSSR count). The SMILES string of the molecule is C/C=C1/C[C@H]2C=Nc3cc(OCc4cc(OCCNC(=O)CCC(C)(C)SSC)cc(COc5cc6c(cc5OC)C(=O)N5C/C(=C/C)C[C@H]5C=N6)n4)c(OC)cc3C(=O)N2C1. The van der Waals surface area contributed by atoms with Gasteiger partial charge in [0, 0.05) is 61.0 Å². The van der Waals surface area contributed by atoms with Crippen molar-refractivity contribution in [2.45, 2.75) is 83.4 Å². The summed E-state index contributed by atoms with van der Waals surface area (Å²) in [4.78, 5) is 57.9. The van der Waals surface area contributed by atoms with E-state index in [2.05, 4.69) is 31.3 Å². The van der Waals surface area contributed by atoms with Gasteiger partial charge in [0.2, 0.25) is 5.91 Å². The number of aliphatic imine (C=N–C) groups is 2. The van der Waals surface area contributed by atoms with Crippen molar-refractivity contribution in [2.24, 2.45) is 9.98 Å². The van der Waals surface area contributed by atoms with Crippen LogP contribution in [0.25, 0.3) is 0 Å². The first-order valence-electron chi connectivity index (χ1n) is 20.7. The molecule has 3 amide bonds. The second kappa shape index (κ2) is 19.7. The summed E-state index contributed by atoms with van der Waals surface area (Å²) in [6, 6.07) is 10.1. The Bertz CT molecular complexity index is 2190. The van der Waals surface area contributed by atoms with Gasteiger partial charge >= 0.3 is 0 Å². The third-order valence-electron chi connectivity index (χ3n) is 11.2. The summed E-state index contributed by atoms with van der Waals surface area (Å²) >= 11 is 0. The first-order valence-corrected chi connectivity index (χ1v) is 23.3. The molecule has 4 aliphatic heterocycles. The van der Waals surface area contributed by atoms with Crippen LogP contribution in [0.3, 0.4) is 0 Å². The number of methoxy groups -OCH3 is 2. The average Bonchev–Trinajstić information content (AvgIpc) is 3.84. The number of fused-ring (bicyclic) bond motifs is 4. The average molecular weight is 883 g/mol. The molecule has 14 nitrogen and oxygen atoms in total. The lowest BCUT2D eigenvalue weighted by molar-refractivity contribution is -0.121. The molecule has 328 valence electrons. The number of ether oxygens (including phenoxy) is 5. The number of carbonyl (C=O) groups is 3. The molecule has 2 fully saturated rings. The largest absolute Gasteiger partial charge is 0.493 e. The Morgan fingerprint density at radius 1 is 0.790 bits per heavy atom. The maximum absolute atomic E-state index is 13.7. The Labute approximate surface area is 371 Å². The number of rotatable bonds is 17. The molecule has 16 heteroatoms. The Balaban J connectivity index is 1.09. The molecule has 0 bridgehead atoms. The third kappa shape index (κ3) is 10.2. The van der Waals surface area contributed by atoms with Crippen molar-refractivity contribution in [2.75, 3.05) is 46.7 Å². The van der Waals surface area contributed by atoms with Gasteiger partial charge in [0.15, 0.2) is 23.0 Å². The molecular weight excluding hydrogens is 829 g/mol. The van der Waals surface area contributed by atoms with Gasteiger partial charge in [-0.3, -0.25) is 29.4 Å². The smallest absolute Gasteiger partial charge is 0.257 e. The first kappa shape index (κ1) is 44.6. The maximum Gasteiger partial charge on any atom is 0.257 e. The van der Waals surface area contributed by atoms with Crippen LogP contribution in [0.15, 0.2) is 69.7 Å². The summed E-state index contributed by atoms with van der Waals surface area (Å²) in [5, 5.41) is 2.96. The lowest BCUT2D eigenvalue weighted by atomic mass is 10.1. The third-order valence-corrected chi connectivity index (χ3v) is 13.9. The van der Waals surface area contributed by atoms with Crippen LogP contribution in [0, 0.1) is 0 Å². The summed E-state index contributed by atoms with van der Waals surface area (Å²) < 4.78 is 30.2. The number of nitrogens with one attached hydrogen (secondary N) is 1. The number of hydrogen-bond donors (Lipinski definition) is 1. The highest BCUT2D eigenvalue weighted by Crippen LogP contribution is 2.41. The van der Waals surface area contributed by atoms with E-state index in [1.54, 1.807) is 58.0 Å². The second-order valence-corrected chi connectivity index (χ2v) is 19.1. The van der Waals surface area contributed by atoms with Crippen LogP contribution in [-0.2, 0) is 18.0 Å². The molecular formula is C46H54N6O8S2. The van der Waals surface area contributed by atoms with E-state index in [9.17, 15) is 14.4 Å². The highest BCUT2D eigenvalue weighted by Gasteiger charge is 2.36. The van der Waals surface area contributed by atoms with E-state index in [0.29, 0.717) is 88.7 Å². The molecule has 0 unspecified atom stereocenters. The highest BCUT2D eigenvalue weighted by atomic mass is 33.1. The number of amides is 3. The van der Waals surface area contributed by atoms with Gasteiger partial charge in [0.1, 0.15) is 25.6 Å². The predicted molar refractivity (Wildman–Crippen MR) is 245 cm³/mol. The van der Waals surface area contributed by atoms with Crippen molar-refractivity contribution < 1.29 is 38.1 Å². The summed E-state index contributed by atoms with van der Waals surface area (Å²) in [6.07, 6.45) is 12.5. The highest BCUT2D eigenvalue weighted by molar-refractivity contribution is 8.76. The van der Waals surface area contributed by atoms with Crippen molar-refractivity contribution in [1.29, 1.82) is 0 Å². The second-order valence-electron chi connectivity index (χ2n) is 16.0.